The molecule has 0 aliphatic rings. The van der Waals surface area contributed by atoms with Crippen LogP contribution < -0.4 is 0 Å². The molecular formula is C14H17FN2O. The molecule has 1 heterocycles. The van der Waals surface area contributed by atoms with Crippen molar-refractivity contribution in [3.05, 3.63) is 53.6 Å². The third kappa shape index (κ3) is 2.96. The van der Waals surface area contributed by atoms with E-state index < -0.39 is 0 Å². The van der Waals surface area contributed by atoms with Gasteiger partial charge in [-0.1, -0.05) is 12.1 Å². The number of rotatable bonds is 5. The van der Waals surface area contributed by atoms with Gasteiger partial charge in [0.1, 0.15) is 5.82 Å². The number of aliphatic hydroxyl groups excluding tert-OH is 1. The first-order chi connectivity index (χ1) is 8.70. The summed E-state index contributed by atoms with van der Waals surface area (Å²) in [5.41, 5.74) is 2.11. The predicted molar refractivity (Wildman–Crippen MR) is 67.8 cm³/mol. The van der Waals surface area contributed by atoms with Gasteiger partial charge in [-0.25, -0.2) is 4.39 Å². The van der Waals surface area contributed by atoms with Gasteiger partial charge in [-0.3, -0.25) is 4.68 Å². The number of benzene rings is 1. The second kappa shape index (κ2) is 5.78. The first-order valence-corrected chi connectivity index (χ1v) is 6.04. The minimum absolute atomic E-state index is 0.0421. The van der Waals surface area contributed by atoms with Crippen molar-refractivity contribution in [2.75, 3.05) is 6.61 Å². The number of aliphatic hydroxyl groups is 1. The summed E-state index contributed by atoms with van der Waals surface area (Å²) in [6.45, 7) is 0.0729. The number of hydrogen-bond acceptors (Lipinski definition) is 2. The number of aryl methyl sites for hydroxylation is 2. The maximum Gasteiger partial charge on any atom is 0.123 e. The summed E-state index contributed by atoms with van der Waals surface area (Å²) in [6, 6.07) is 8.31. The Labute approximate surface area is 106 Å². The highest BCUT2D eigenvalue weighted by Gasteiger charge is 2.11. The smallest absolute Gasteiger partial charge is 0.123 e. The quantitative estimate of drug-likeness (QED) is 0.881. The molecule has 0 aliphatic carbocycles. The van der Waals surface area contributed by atoms with Gasteiger partial charge in [0.2, 0.25) is 0 Å². The Balaban J connectivity index is 2.01. The van der Waals surface area contributed by atoms with E-state index in [0.717, 1.165) is 24.1 Å². The summed E-state index contributed by atoms with van der Waals surface area (Å²) in [7, 11) is 1.90. The van der Waals surface area contributed by atoms with Crippen molar-refractivity contribution in [3.63, 3.8) is 0 Å². The number of nitrogens with zero attached hydrogens (tertiary/aromatic N) is 2. The van der Waals surface area contributed by atoms with Gasteiger partial charge in [0.25, 0.3) is 0 Å². The van der Waals surface area contributed by atoms with Crippen molar-refractivity contribution in [1.82, 2.24) is 9.78 Å². The van der Waals surface area contributed by atoms with E-state index in [4.69, 9.17) is 0 Å². The Bertz CT molecular complexity index is 493. The number of aromatic nitrogens is 2. The van der Waals surface area contributed by atoms with E-state index in [0.29, 0.717) is 0 Å². The van der Waals surface area contributed by atoms with Gasteiger partial charge < -0.3 is 5.11 Å². The largest absolute Gasteiger partial charge is 0.396 e. The molecule has 1 atom stereocenters. The second-order valence-electron chi connectivity index (χ2n) is 4.42. The average molecular weight is 248 g/mol. The zero-order chi connectivity index (χ0) is 13.0. The molecule has 0 bridgehead atoms. The van der Waals surface area contributed by atoms with Gasteiger partial charge >= 0.3 is 0 Å². The van der Waals surface area contributed by atoms with E-state index in [9.17, 15) is 9.50 Å². The van der Waals surface area contributed by atoms with Crippen molar-refractivity contribution < 1.29 is 9.50 Å². The SMILES string of the molecule is Cn1nccc1CCC(CO)c1ccc(F)cc1. The maximum absolute atomic E-state index is 12.8. The molecule has 1 unspecified atom stereocenters. The van der Waals surface area contributed by atoms with Crippen molar-refractivity contribution >= 4 is 0 Å². The molecule has 0 aliphatic heterocycles. The molecule has 1 N–H and O–H groups in total. The van der Waals surface area contributed by atoms with Crippen LogP contribution in [0, 0.1) is 5.82 Å². The molecule has 96 valence electrons. The first kappa shape index (κ1) is 12.8. The molecule has 0 amide bonds. The van der Waals surface area contributed by atoms with Gasteiger partial charge in [-0.05, 0) is 36.6 Å². The van der Waals surface area contributed by atoms with E-state index in [2.05, 4.69) is 5.10 Å². The van der Waals surface area contributed by atoms with Crippen LogP contribution in [0.25, 0.3) is 0 Å². The van der Waals surface area contributed by atoms with Crippen LogP contribution in [-0.2, 0) is 13.5 Å². The first-order valence-electron chi connectivity index (χ1n) is 6.04. The van der Waals surface area contributed by atoms with Crippen LogP contribution in [0.1, 0.15) is 23.6 Å². The van der Waals surface area contributed by atoms with Crippen molar-refractivity contribution in [1.29, 1.82) is 0 Å². The fourth-order valence-electron chi connectivity index (χ4n) is 2.07. The standard InChI is InChI=1S/C14H17FN2O/c1-17-14(8-9-16-17)7-4-12(10-18)11-2-5-13(15)6-3-11/h2-3,5-6,8-9,12,18H,4,7,10H2,1H3. The Hall–Kier alpha value is -1.68. The molecule has 1 aromatic heterocycles. The Morgan fingerprint density at radius 3 is 2.56 bits per heavy atom. The summed E-state index contributed by atoms with van der Waals surface area (Å²) >= 11 is 0. The molecule has 18 heavy (non-hydrogen) atoms. The Morgan fingerprint density at radius 1 is 1.28 bits per heavy atom. The van der Waals surface area contributed by atoms with Gasteiger partial charge in [0.05, 0.1) is 0 Å². The summed E-state index contributed by atoms with van der Waals surface area (Å²) in [5.74, 6) is -0.206. The molecule has 4 heteroatoms. The lowest BCUT2D eigenvalue weighted by atomic mass is 9.94. The lowest BCUT2D eigenvalue weighted by molar-refractivity contribution is 0.258. The zero-order valence-corrected chi connectivity index (χ0v) is 10.4. The maximum atomic E-state index is 12.8. The minimum Gasteiger partial charge on any atom is -0.396 e. The average Bonchev–Trinajstić information content (AvgIpc) is 2.78. The lowest BCUT2D eigenvalue weighted by Gasteiger charge is -2.14. The van der Waals surface area contributed by atoms with Gasteiger partial charge in [0.15, 0.2) is 0 Å². The molecule has 2 aromatic rings. The van der Waals surface area contributed by atoms with Crippen LogP contribution in [0.3, 0.4) is 0 Å². The van der Waals surface area contributed by atoms with Crippen LogP contribution >= 0.6 is 0 Å². The van der Waals surface area contributed by atoms with Crippen LogP contribution in [0.2, 0.25) is 0 Å². The second-order valence-corrected chi connectivity index (χ2v) is 4.42. The number of halogens is 1. The lowest BCUT2D eigenvalue weighted by Crippen LogP contribution is -2.07. The van der Waals surface area contributed by atoms with Crippen molar-refractivity contribution in [2.24, 2.45) is 7.05 Å². The highest BCUT2D eigenvalue weighted by Crippen LogP contribution is 2.21. The molecule has 0 saturated carbocycles. The Kier molecular flexibility index (Phi) is 4.10. The van der Waals surface area contributed by atoms with Crippen LogP contribution in [0.15, 0.2) is 36.5 Å². The topological polar surface area (TPSA) is 38.0 Å². The summed E-state index contributed by atoms with van der Waals surface area (Å²) in [6.07, 6.45) is 3.43. The van der Waals surface area contributed by atoms with Gasteiger partial charge in [0, 0.05) is 31.5 Å². The molecule has 2 rings (SSSR count). The zero-order valence-electron chi connectivity index (χ0n) is 10.4. The van der Waals surface area contributed by atoms with Gasteiger partial charge in [-0.2, -0.15) is 5.10 Å². The fourth-order valence-corrected chi connectivity index (χ4v) is 2.07. The van der Waals surface area contributed by atoms with Crippen molar-refractivity contribution in [3.8, 4) is 0 Å². The van der Waals surface area contributed by atoms with Crippen LogP contribution in [-0.4, -0.2) is 21.5 Å². The van der Waals surface area contributed by atoms with E-state index in [1.165, 1.54) is 12.1 Å². The van der Waals surface area contributed by atoms with E-state index in [-0.39, 0.29) is 18.3 Å². The van der Waals surface area contributed by atoms with Crippen LogP contribution in [0.4, 0.5) is 4.39 Å². The highest BCUT2D eigenvalue weighted by atomic mass is 19.1. The summed E-state index contributed by atoms with van der Waals surface area (Å²) in [5, 5.41) is 13.5. The molecule has 0 spiro atoms. The molecule has 0 saturated heterocycles. The molecule has 3 nitrogen and oxygen atoms in total. The molecule has 0 radical (unpaired) electrons. The van der Waals surface area contributed by atoms with Crippen molar-refractivity contribution in [2.45, 2.75) is 18.8 Å². The van der Waals surface area contributed by atoms with Crippen LogP contribution in [0.5, 0.6) is 0 Å². The monoisotopic (exact) mass is 248 g/mol. The van der Waals surface area contributed by atoms with E-state index >= 15 is 0 Å². The summed E-state index contributed by atoms with van der Waals surface area (Å²) < 4.78 is 14.7. The predicted octanol–water partition coefficient (Wildman–Crippen LogP) is 2.27. The fraction of sp³-hybridized carbons (Fsp3) is 0.357. The normalized spacial score (nSPS) is 12.6. The minimum atomic E-state index is -0.248. The van der Waals surface area contributed by atoms with Gasteiger partial charge in [-0.15, -0.1) is 0 Å². The van der Waals surface area contributed by atoms with E-state index in [1.54, 1.807) is 18.3 Å². The Morgan fingerprint density at radius 2 is 2.00 bits per heavy atom. The number of hydrogen-bond donors (Lipinski definition) is 1. The summed E-state index contributed by atoms with van der Waals surface area (Å²) in [4.78, 5) is 0. The molecular weight excluding hydrogens is 231 g/mol. The molecule has 1 aromatic carbocycles. The van der Waals surface area contributed by atoms with E-state index in [1.807, 2.05) is 17.8 Å². The third-order valence-corrected chi connectivity index (χ3v) is 3.23. The third-order valence-electron chi connectivity index (χ3n) is 3.23. The molecule has 0 fully saturated rings. The highest BCUT2D eigenvalue weighted by molar-refractivity contribution is 5.21.